The van der Waals surface area contributed by atoms with Crippen molar-refractivity contribution in [1.82, 2.24) is 4.98 Å². The number of nitrogens with zero attached hydrogens (tertiary/aromatic N) is 1. The summed E-state index contributed by atoms with van der Waals surface area (Å²) in [6, 6.07) is 12.6. The van der Waals surface area contributed by atoms with Gasteiger partial charge in [0.1, 0.15) is 23.1 Å². The summed E-state index contributed by atoms with van der Waals surface area (Å²) in [5.74, 6) is 1.82. The molecular formula is C29H31NO4S. The highest BCUT2D eigenvalue weighted by Crippen LogP contribution is 2.61. The summed E-state index contributed by atoms with van der Waals surface area (Å²) in [6.07, 6.45) is 6.90. The summed E-state index contributed by atoms with van der Waals surface area (Å²) in [5, 5.41) is 11.3. The van der Waals surface area contributed by atoms with Gasteiger partial charge in [-0.05, 0) is 100 Å². The maximum atomic E-state index is 13.8. The van der Waals surface area contributed by atoms with Crippen LogP contribution in [-0.4, -0.2) is 28.4 Å². The molecular weight excluding hydrogens is 458 g/mol. The first-order valence-electron chi connectivity index (χ1n) is 12.6. The maximum Gasteiger partial charge on any atom is 0.338 e. The van der Waals surface area contributed by atoms with E-state index in [-0.39, 0.29) is 29.1 Å². The number of hydrogen-bond donors (Lipinski definition) is 1. The number of carbonyl (C=O) groups excluding carboxylic acids is 2. The van der Waals surface area contributed by atoms with Crippen molar-refractivity contribution < 1.29 is 19.4 Å². The number of rotatable bonds is 6. The minimum Gasteiger partial charge on any atom is -0.507 e. The first-order valence-corrected chi connectivity index (χ1v) is 13.5. The fourth-order valence-corrected chi connectivity index (χ4v) is 8.33. The Morgan fingerprint density at radius 1 is 1.06 bits per heavy atom. The molecule has 6 heteroatoms. The molecule has 182 valence electrons. The Balaban J connectivity index is 1.15. The minimum absolute atomic E-state index is 0.0117. The minimum atomic E-state index is -0.732. The van der Waals surface area contributed by atoms with E-state index in [1.165, 1.54) is 36.7 Å². The molecule has 2 aromatic carbocycles. The number of hydrogen-bond acceptors (Lipinski definition) is 6. The number of Topliss-reactive ketones (excluding diaryl/α,β-unsaturated/α-hetero) is 1. The Morgan fingerprint density at radius 2 is 1.71 bits per heavy atom. The van der Waals surface area contributed by atoms with Crippen molar-refractivity contribution in [2.45, 2.75) is 52.4 Å². The molecule has 4 bridgehead atoms. The van der Waals surface area contributed by atoms with Gasteiger partial charge in [-0.25, -0.2) is 9.78 Å². The Hall–Kier alpha value is -2.73. The van der Waals surface area contributed by atoms with E-state index in [0.717, 1.165) is 29.5 Å². The number of ketones is 1. The lowest BCUT2D eigenvalue weighted by atomic mass is 9.47. The SMILES string of the molecule is CC(C)(COC(=O)c1ccc(-c2nc3ccccc3s2)c(O)c1)C(=O)C12CC3CC(CC(C3)C1)C2. The number of para-hydroxylation sites is 1. The topological polar surface area (TPSA) is 76.5 Å². The molecule has 4 aliphatic rings. The van der Waals surface area contributed by atoms with Crippen LogP contribution >= 0.6 is 11.3 Å². The van der Waals surface area contributed by atoms with Gasteiger partial charge >= 0.3 is 5.97 Å². The Morgan fingerprint density at radius 3 is 2.34 bits per heavy atom. The monoisotopic (exact) mass is 489 g/mol. The molecule has 3 aromatic rings. The number of carbonyl (C=O) groups is 2. The lowest BCUT2D eigenvalue weighted by Gasteiger charge is -2.57. The van der Waals surface area contributed by atoms with Gasteiger partial charge in [-0.3, -0.25) is 4.79 Å². The van der Waals surface area contributed by atoms with Crippen molar-refractivity contribution in [3.05, 3.63) is 48.0 Å². The predicted octanol–water partition coefficient (Wildman–Crippen LogP) is 6.64. The van der Waals surface area contributed by atoms with Crippen LogP contribution in [0.15, 0.2) is 42.5 Å². The van der Waals surface area contributed by atoms with Crippen molar-refractivity contribution in [3.8, 4) is 16.3 Å². The molecule has 4 saturated carbocycles. The highest BCUT2D eigenvalue weighted by atomic mass is 32.1. The molecule has 5 nitrogen and oxygen atoms in total. The number of aromatic nitrogens is 1. The molecule has 4 fully saturated rings. The number of esters is 1. The fourth-order valence-electron chi connectivity index (χ4n) is 7.33. The average Bonchev–Trinajstić information content (AvgIpc) is 3.25. The molecule has 35 heavy (non-hydrogen) atoms. The molecule has 0 atom stereocenters. The van der Waals surface area contributed by atoms with Crippen LogP contribution in [-0.2, 0) is 9.53 Å². The van der Waals surface area contributed by atoms with Crippen LogP contribution in [0.4, 0.5) is 0 Å². The van der Waals surface area contributed by atoms with Gasteiger partial charge < -0.3 is 9.84 Å². The van der Waals surface area contributed by atoms with Crippen LogP contribution in [0, 0.1) is 28.6 Å². The summed E-state index contributed by atoms with van der Waals surface area (Å²) < 4.78 is 6.68. The van der Waals surface area contributed by atoms with Crippen LogP contribution < -0.4 is 0 Å². The van der Waals surface area contributed by atoms with Crippen molar-refractivity contribution in [3.63, 3.8) is 0 Å². The van der Waals surface area contributed by atoms with Gasteiger partial charge in [0.15, 0.2) is 0 Å². The quantitative estimate of drug-likeness (QED) is 0.393. The predicted molar refractivity (Wildman–Crippen MR) is 136 cm³/mol. The van der Waals surface area contributed by atoms with Crippen molar-refractivity contribution in [2.24, 2.45) is 28.6 Å². The zero-order valence-electron chi connectivity index (χ0n) is 20.3. The second-order valence-corrected chi connectivity index (χ2v) is 12.7. The largest absolute Gasteiger partial charge is 0.507 e. The van der Waals surface area contributed by atoms with Crippen LogP contribution in [0.3, 0.4) is 0 Å². The molecule has 0 spiro atoms. The van der Waals surface area contributed by atoms with Gasteiger partial charge in [0.25, 0.3) is 0 Å². The second-order valence-electron chi connectivity index (χ2n) is 11.7. The van der Waals surface area contributed by atoms with Crippen molar-refractivity contribution >= 4 is 33.3 Å². The summed E-state index contributed by atoms with van der Waals surface area (Å²) in [6.45, 7) is 3.87. The lowest BCUT2D eigenvalue weighted by molar-refractivity contribution is -0.155. The maximum absolute atomic E-state index is 13.8. The third-order valence-corrected chi connectivity index (χ3v) is 9.53. The standard InChI is InChI=1S/C29H31NO4S/c1-28(2,27(33)29-13-17-9-18(14-29)11-19(10-17)15-29)16-34-26(32)20-7-8-21(23(31)12-20)25-30-22-5-3-4-6-24(22)35-25/h3-8,12,17-19,31H,9-11,13-16H2,1-2H3. The van der Waals surface area contributed by atoms with Gasteiger partial charge in [0.2, 0.25) is 0 Å². The molecule has 7 rings (SSSR count). The Labute approximate surface area is 209 Å². The number of aromatic hydroxyl groups is 1. The highest BCUT2D eigenvalue weighted by molar-refractivity contribution is 7.21. The summed E-state index contributed by atoms with van der Waals surface area (Å²) in [5.41, 5.74) is 0.776. The van der Waals surface area contributed by atoms with Crippen molar-refractivity contribution in [2.75, 3.05) is 6.61 Å². The van der Waals surface area contributed by atoms with Gasteiger partial charge in [-0.2, -0.15) is 0 Å². The third-order valence-electron chi connectivity index (χ3n) is 8.46. The first-order chi connectivity index (χ1) is 16.7. The fraction of sp³-hybridized carbons (Fsp3) is 0.483. The molecule has 4 aliphatic carbocycles. The summed E-state index contributed by atoms with van der Waals surface area (Å²) in [4.78, 5) is 31.2. The van der Waals surface area contributed by atoms with Gasteiger partial charge in [0, 0.05) is 5.41 Å². The second kappa shape index (κ2) is 8.16. The van der Waals surface area contributed by atoms with Crippen molar-refractivity contribution in [1.29, 1.82) is 0 Å². The van der Waals surface area contributed by atoms with Crippen LogP contribution in [0.25, 0.3) is 20.8 Å². The van der Waals surface area contributed by atoms with Crippen LogP contribution in [0.1, 0.15) is 62.7 Å². The molecule has 0 radical (unpaired) electrons. The van der Waals surface area contributed by atoms with E-state index < -0.39 is 11.4 Å². The van der Waals surface area contributed by atoms with E-state index in [9.17, 15) is 14.7 Å². The zero-order chi connectivity index (χ0) is 24.4. The van der Waals surface area contributed by atoms with E-state index in [4.69, 9.17) is 4.74 Å². The van der Waals surface area contributed by atoms with E-state index in [2.05, 4.69) is 4.98 Å². The van der Waals surface area contributed by atoms with Crippen LogP contribution in [0.2, 0.25) is 0 Å². The third kappa shape index (κ3) is 3.96. The van der Waals surface area contributed by atoms with Gasteiger partial charge in [-0.1, -0.05) is 12.1 Å². The lowest BCUT2D eigenvalue weighted by Crippen LogP contribution is -2.54. The van der Waals surface area contributed by atoms with Crippen LogP contribution in [0.5, 0.6) is 5.75 Å². The number of fused-ring (bicyclic) bond motifs is 1. The van der Waals surface area contributed by atoms with E-state index in [1.807, 2.05) is 38.1 Å². The number of benzene rings is 2. The molecule has 0 aliphatic heterocycles. The molecule has 0 unspecified atom stereocenters. The first kappa shape index (κ1) is 22.7. The number of phenolic OH excluding ortho intramolecular Hbond substituents is 1. The summed E-state index contributed by atoms with van der Waals surface area (Å²) in [7, 11) is 0. The molecule has 1 heterocycles. The van der Waals surface area contributed by atoms with E-state index in [1.54, 1.807) is 12.1 Å². The number of thiazole rings is 1. The normalized spacial score (nSPS) is 27.3. The zero-order valence-corrected chi connectivity index (χ0v) is 21.1. The van der Waals surface area contributed by atoms with E-state index in [0.29, 0.717) is 28.3 Å². The van der Waals surface area contributed by atoms with E-state index >= 15 is 0 Å². The number of ether oxygens (including phenoxy) is 1. The highest BCUT2D eigenvalue weighted by Gasteiger charge is 2.57. The Kier molecular flexibility index (Phi) is 5.29. The van der Waals surface area contributed by atoms with Gasteiger partial charge in [-0.15, -0.1) is 11.3 Å². The van der Waals surface area contributed by atoms with Gasteiger partial charge in [0.05, 0.1) is 26.8 Å². The molecule has 1 aromatic heterocycles. The molecule has 1 N–H and O–H groups in total. The molecule has 0 amide bonds. The number of phenols is 1. The average molecular weight is 490 g/mol. The molecule has 0 saturated heterocycles. The summed E-state index contributed by atoms with van der Waals surface area (Å²) >= 11 is 1.49. The smallest absolute Gasteiger partial charge is 0.338 e. The Bertz CT molecular complexity index is 1250.